The van der Waals surface area contributed by atoms with Gasteiger partial charge in [-0.1, -0.05) is 30.3 Å². The van der Waals surface area contributed by atoms with Crippen molar-refractivity contribution in [2.75, 3.05) is 12.4 Å². The van der Waals surface area contributed by atoms with Gasteiger partial charge in [-0.2, -0.15) is 0 Å². The van der Waals surface area contributed by atoms with Gasteiger partial charge in [0.05, 0.1) is 6.04 Å². The van der Waals surface area contributed by atoms with Gasteiger partial charge in [0.1, 0.15) is 11.6 Å². The van der Waals surface area contributed by atoms with Crippen LogP contribution in [0.1, 0.15) is 18.5 Å². The van der Waals surface area contributed by atoms with Crippen LogP contribution < -0.4 is 5.32 Å². The lowest BCUT2D eigenvalue weighted by Crippen LogP contribution is -2.34. The largest absolute Gasteiger partial charge is 0.322 e. The van der Waals surface area contributed by atoms with E-state index in [1.165, 1.54) is 4.90 Å². The average molecular weight is 340 g/mol. The Labute approximate surface area is 144 Å². The monoisotopic (exact) mass is 340 g/mol. The van der Waals surface area contributed by atoms with Gasteiger partial charge in [-0.3, -0.25) is 0 Å². The number of rotatable bonds is 3. The number of fused-ring (bicyclic) bond motifs is 1. The highest BCUT2D eigenvalue weighted by Gasteiger charge is 2.21. The Balaban J connectivity index is 1.78. The Morgan fingerprint density at radius 2 is 1.72 bits per heavy atom. The van der Waals surface area contributed by atoms with Crippen LogP contribution in [0.5, 0.6) is 0 Å². The molecule has 1 N–H and O–H groups in total. The van der Waals surface area contributed by atoms with Crippen LogP contribution in [0.15, 0.2) is 60.7 Å². The smallest absolute Gasteiger partial charge is 0.321 e. The zero-order chi connectivity index (χ0) is 18.0. The molecule has 5 heteroatoms. The van der Waals surface area contributed by atoms with Crippen molar-refractivity contribution in [2.24, 2.45) is 0 Å². The molecule has 0 aromatic heterocycles. The third-order valence-corrected chi connectivity index (χ3v) is 4.31. The minimum absolute atomic E-state index is 0.135. The summed E-state index contributed by atoms with van der Waals surface area (Å²) in [7, 11) is 1.55. The van der Waals surface area contributed by atoms with E-state index in [9.17, 15) is 13.6 Å². The fraction of sp³-hybridized carbons (Fsp3) is 0.150. The molecule has 3 rings (SSSR count). The first-order valence-corrected chi connectivity index (χ1v) is 7.93. The number of hydrogen-bond acceptors (Lipinski definition) is 1. The topological polar surface area (TPSA) is 32.3 Å². The number of amides is 2. The van der Waals surface area contributed by atoms with Crippen molar-refractivity contribution in [1.82, 2.24) is 4.90 Å². The molecule has 1 unspecified atom stereocenters. The highest BCUT2D eigenvalue weighted by molar-refractivity contribution is 5.93. The lowest BCUT2D eigenvalue weighted by atomic mass is 10.1. The van der Waals surface area contributed by atoms with E-state index in [2.05, 4.69) is 5.32 Å². The molecule has 0 saturated carbocycles. The minimum Gasteiger partial charge on any atom is -0.321 e. The number of carbonyl (C=O) groups is 1. The first-order chi connectivity index (χ1) is 12.0. The first kappa shape index (κ1) is 16.9. The van der Waals surface area contributed by atoms with Crippen LogP contribution in [0, 0.1) is 11.6 Å². The van der Waals surface area contributed by atoms with E-state index >= 15 is 0 Å². The Hall–Kier alpha value is -2.95. The zero-order valence-electron chi connectivity index (χ0n) is 14.0. The van der Waals surface area contributed by atoms with Crippen molar-refractivity contribution in [2.45, 2.75) is 13.0 Å². The van der Waals surface area contributed by atoms with Crippen molar-refractivity contribution in [3.63, 3.8) is 0 Å². The van der Waals surface area contributed by atoms with Gasteiger partial charge in [-0.15, -0.1) is 0 Å². The van der Waals surface area contributed by atoms with E-state index in [4.69, 9.17) is 0 Å². The van der Waals surface area contributed by atoms with Crippen LogP contribution in [0.25, 0.3) is 10.8 Å². The van der Waals surface area contributed by atoms with Crippen molar-refractivity contribution in [1.29, 1.82) is 0 Å². The van der Waals surface area contributed by atoms with E-state index in [1.807, 2.05) is 42.5 Å². The van der Waals surface area contributed by atoms with Gasteiger partial charge < -0.3 is 10.2 Å². The molecule has 0 fully saturated rings. The second kappa shape index (κ2) is 6.89. The maximum Gasteiger partial charge on any atom is 0.322 e. The standard InChI is InChI=1S/C20H18F2N2O/c1-13(18-12-16(21)8-10-19(18)22)24(2)20(25)23-17-9-7-14-5-3-4-6-15(14)11-17/h3-13H,1-2H3,(H,23,25). The molecule has 0 aliphatic heterocycles. The molecule has 0 heterocycles. The fourth-order valence-corrected chi connectivity index (χ4v) is 2.70. The van der Waals surface area contributed by atoms with Gasteiger partial charge >= 0.3 is 6.03 Å². The van der Waals surface area contributed by atoms with Gasteiger partial charge in [0, 0.05) is 18.3 Å². The lowest BCUT2D eigenvalue weighted by molar-refractivity contribution is 0.207. The Morgan fingerprint density at radius 3 is 2.48 bits per heavy atom. The van der Waals surface area contributed by atoms with E-state index in [1.54, 1.807) is 14.0 Å². The second-order valence-electron chi connectivity index (χ2n) is 5.94. The first-order valence-electron chi connectivity index (χ1n) is 7.93. The zero-order valence-corrected chi connectivity index (χ0v) is 14.0. The van der Waals surface area contributed by atoms with Gasteiger partial charge in [-0.05, 0) is 48.0 Å². The van der Waals surface area contributed by atoms with E-state index in [0.29, 0.717) is 5.69 Å². The summed E-state index contributed by atoms with van der Waals surface area (Å²) in [6.07, 6.45) is 0. The molecule has 2 amide bonds. The Bertz CT molecular complexity index is 926. The number of nitrogens with one attached hydrogen (secondary N) is 1. The lowest BCUT2D eigenvalue weighted by Gasteiger charge is -2.26. The van der Waals surface area contributed by atoms with Crippen molar-refractivity contribution in [3.8, 4) is 0 Å². The molecule has 128 valence electrons. The molecule has 0 aliphatic rings. The van der Waals surface area contributed by atoms with Crippen molar-refractivity contribution < 1.29 is 13.6 Å². The molecule has 1 atom stereocenters. The number of benzene rings is 3. The predicted octanol–water partition coefficient (Wildman–Crippen LogP) is 5.34. The summed E-state index contributed by atoms with van der Waals surface area (Å²) in [5.41, 5.74) is 0.777. The van der Waals surface area contributed by atoms with Crippen LogP contribution in [-0.4, -0.2) is 18.0 Å². The summed E-state index contributed by atoms with van der Waals surface area (Å²) >= 11 is 0. The summed E-state index contributed by atoms with van der Waals surface area (Å²) < 4.78 is 27.3. The number of nitrogens with zero attached hydrogens (tertiary/aromatic N) is 1. The van der Waals surface area contributed by atoms with Crippen LogP contribution in [0.3, 0.4) is 0 Å². The van der Waals surface area contributed by atoms with Crippen molar-refractivity contribution in [3.05, 3.63) is 77.9 Å². The third kappa shape index (κ3) is 3.60. The van der Waals surface area contributed by atoms with Gasteiger partial charge in [0.2, 0.25) is 0 Å². The van der Waals surface area contributed by atoms with E-state index in [0.717, 1.165) is 29.0 Å². The van der Waals surface area contributed by atoms with Crippen LogP contribution in [0.4, 0.5) is 19.3 Å². The normalized spacial score (nSPS) is 12.0. The summed E-state index contributed by atoms with van der Waals surface area (Å²) in [5, 5.41) is 4.87. The minimum atomic E-state index is -0.615. The summed E-state index contributed by atoms with van der Waals surface area (Å²) in [6.45, 7) is 1.65. The fourth-order valence-electron chi connectivity index (χ4n) is 2.70. The van der Waals surface area contributed by atoms with E-state index < -0.39 is 23.7 Å². The molecule has 3 nitrogen and oxygen atoms in total. The molecule has 0 radical (unpaired) electrons. The summed E-state index contributed by atoms with van der Waals surface area (Å²) in [5.74, 6) is -1.08. The predicted molar refractivity (Wildman–Crippen MR) is 95.5 cm³/mol. The molecule has 25 heavy (non-hydrogen) atoms. The summed E-state index contributed by atoms with van der Waals surface area (Å²) in [6, 6.07) is 15.6. The van der Waals surface area contributed by atoms with Gasteiger partial charge in [-0.25, -0.2) is 13.6 Å². The van der Waals surface area contributed by atoms with Gasteiger partial charge in [0.15, 0.2) is 0 Å². The van der Waals surface area contributed by atoms with Crippen molar-refractivity contribution >= 4 is 22.5 Å². The highest BCUT2D eigenvalue weighted by atomic mass is 19.1. The SMILES string of the molecule is CC(c1cc(F)ccc1F)N(C)C(=O)Nc1ccc2ccccc2c1. The third-order valence-electron chi connectivity index (χ3n) is 4.31. The molecule has 0 bridgehead atoms. The Kier molecular flexibility index (Phi) is 4.65. The van der Waals surface area contributed by atoms with Crippen LogP contribution in [-0.2, 0) is 0 Å². The molecule has 3 aromatic rings. The number of hydrogen-bond donors (Lipinski definition) is 1. The second-order valence-corrected chi connectivity index (χ2v) is 5.94. The molecule has 0 aliphatic carbocycles. The van der Waals surface area contributed by atoms with E-state index in [-0.39, 0.29) is 5.56 Å². The van der Waals surface area contributed by atoms with Crippen LogP contribution >= 0.6 is 0 Å². The molecular weight excluding hydrogens is 322 g/mol. The summed E-state index contributed by atoms with van der Waals surface area (Å²) in [4.78, 5) is 13.8. The number of halogens is 2. The molecule has 0 saturated heterocycles. The Morgan fingerprint density at radius 1 is 1.00 bits per heavy atom. The average Bonchev–Trinajstić information content (AvgIpc) is 2.62. The van der Waals surface area contributed by atoms with Crippen LogP contribution in [0.2, 0.25) is 0 Å². The van der Waals surface area contributed by atoms with Gasteiger partial charge in [0.25, 0.3) is 0 Å². The maximum absolute atomic E-state index is 13.9. The molecule has 0 spiro atoms. The maximum atomic E-state index is 13.9. The molecule has 3 aromatic carbocycles. The number of anilines is 1. The quantitative estimate of drug-likeness (QED) is 0.685. The highest BCUT2D eigenvalue weighted by Crippen LogP contribution is 2.24. The molecular formula is C20H18F2N2O. The number of carbonyl (C=O) groups excluding carboxylic acids is 1. The number of urea groups is 1.